The van der Waals surface area contributed by atoms with Crippen LogP contribution in [0.4, 0.5) is 15.3 Å². The number of anilines is 1. The number of hydrogen-bond acceptors (Lipinski definition) is 3. The van der Waals surface area contributed by atoms with E-state index in [1.165, 1.54) is 0 Å². The van der Waals surface area contributed by atoms with Crippen LogP contribution >= 0.6 is 31.8 Å². The first-order valence-electron chi connectivity index (χ1n) is 6.28. The molecule has 2 rings (SSSR count). The molecule has 0 aliphatic rings. The fourth-order valence-electron chi connectivity index (χ4n) is 1.88. The van der Waals surface area contributed by atoms with Gasteiger partial charge in [-0.2, -0.15) is 0 Å². The lowest BCUT2D eigenvalue weighted by Crippen LogP contribution is -2.27. The molecule has 0 fully saturated rings. The topological polar surface area (TPSA) is 60.3 Å². The normalized spacial score (nSPS) is 11.5. The highest BCUT2D eigenvalue weighted by atomic mass is 127. The summed E-state index contributed by atoms with van der Waals surface area (Å²) < 4.78 is 7.64. The van der Waals surface area contributed by atoms with Gasteiger partial charge in [-0.1, -0.05) is 0 Å². The number of ether oxygens (including phenoxy) is 1. The van der Waals surface area contributed by atoms with Gasteiger partial charge in [-0.25, -0.2) is 4.79 Å². The van der Waals surface area contributed by atoms with Crippen molar-refractivity contribution < 1.29 is 14.3 Å². The second-order valence-corrected chi connectivity index (χ2v) is 7.08. The summed E-state index contributed by atoms with van der Waals surface area (Å²) in [4.78, 5) is 23.3. The van der Waals surface area contributed by atoms with Gasteiger partial charge in [-0.15, -0.1) is 0 Å². The lowest BCUT2D eigenvalue weighted by molar-refractivity contribution is 0.0636. The van der Waals surface area contributed by atoms with Crippen LogP contribution in [0.5, 0.6) is 0 Å². The molecule has 0 spiro atoms. The summed E-state index contributed by atoms with van der Waals surface area (Å²) in [7, 11) is 2.14. The molecular formula is C14H16IN2O3P. The van der Waals surface area contributed by atoms with Gasteiger partial charge in [0.15, 0.2) is 0 Å². The van der Waals surface area contributed by atoms with Gasteiger partial charge in [0.05, 0.1) is 11.2 Å². The van der Waals surface area contributed by atoms with Gasteiger partial charge < -0.3 is 4.74 Å². The minimum Gasteiger partial charge on any atom is -0.444 e. The maximum Gasteiger partial charge on any atom is 0.412 e. The molecule has 7 heteroatoms. The Kier molecular flexibility index (Phi) is 4.58. The SMILES string of the molecule is CC(C)(C)OC(=O)Nc1ccc2c(ccn2C(=O)P)c1I. The summed E-state index contributed by atoms with van der Waals surface area (Å²) in [6.45, 7) is 5.43. The number of rotatable bonds is 1. The minimum atomic E-state index is -0.547. The molecule has 1 unspecified atom stereocenters. The van der Waals surface area contributed by atoms with Crippen LogP contribution in [0.2, 0.25) is 0 Å². The van der Waals surface area contributed by atoms with Crippen molar-refractivity contribution in [1.82, 2.24) is 4.57 Å². The number of benzene rings is 1. The molecule has 1 amide bonds. The fraction of sp³-hybridized carbons (Fsp3) is 0.286. The molecular weight excluding hydrogens is 402 g/mol. The average Bonchev–Trinajstić information content (AvgIpc) is 2.75. The number of hydrogen-bond donors (Lipinski definition) is 1. The van der Waals surface area contributed by atoms with E-state index < -0.39 is 11.7 Å². The molecule has 0 saturated carbocycles. The highest BCUT2D eigenvalue weighted by Crippen LogP contribution is 2.29. The summed E-state index contributed by atoms with van der Waals surface area (Å²) in [5, 5.41) is 3.63. The fourth-order valence-corrected chi connectivity index (χ4v) is 2.88. The number of amides is 1. The van der Waals surface area contributed by atoms with Crippen molar-refractivity contribution >= 4 is 60.2 Å². The van der Waals surface area contributed by atoms with E-state index in [1.807, 2.05) is 26.8 Å². The van der Waals surface area contributed by atoms with Crippen LogP contribution in [0.15, 0.2) is 24.4 Å². The third kappa shape index (κ3) is 3.74. The number of halogens is 1. The first-order valence-corrected chi connectivity index (χ1v) is 7.94. The second kappa shape index (κ2) is 5.93. The van der Waals surface area contributed by atoms with Gasteiger partial charge in [-0.3, -0.25) is 14.7 Å². The van der Waals surface area contributed by atoms with E-state index >= 15 is 0 Å². The Morgan fingerprint density at radius 1 is 1.29 bits per heavy atom. The van der Waals surface area contributed by atoms with Crippen molar-refractivity contribution in [1.29, 1.82) is 0 Å². The minimum absolute atomic E-state index is 0.131. The Balaban J connectivity index is 2.33. The van der Waals surface area contributed by atoms with Crippen molar-refractivity contribution in [2.24, 2.45) is 0 Å². The number of carbonyl (C=O) groups is 2. The molecule has 1 aromatic carbocycles. The van der Waals surface area contributed by atoms with Gasteiger partial charge in [0.25, 0.3) is 0 Å². The zero-order chi connectivity index (χ0) is 15.8. The van der Waals surface area contributed by atoms with E-state index in [0.717, 1.165) is 14.5 Å². The van der Waals surface area contributed by atoms with Crippen LogP contribution in [0.3, 0.4) is 0 Å². The molecule has 21 heavy (non-hydrogen) atoms. The predicted octanol–water partition coefficient (Wildman–Crippen LogP) is 4.44. The zero-order valence-electron chi connectivity index (χ0n) is 11.9. The monoisotopic (exact) mass is 418 g/mol. The Bertz CT molecular complexity index is 719. The van der Waals surface area contributed by atoms with Crippen molar-refractivity contribution in [2.75, 3.05) is 5.32 Å². The van der Waals surface area contributed by atoms with Gasteiger partial charge >= 0.3 is 6.09 Å². The number of fused-ring (bicyclic) bond motifs is 1. The van der Waals surface area contributed by atoms with Crippen LogP contribution in [0.1, 0.15) is 20.8 Å². The van der Waals surface area contributed by atoms with Crippen molar-refractivity contribution in [2.45, 2.75) is 26.4 Å². The highest BCUT2D eigenvalue weighted by Gasteiger charge is 2.18. The average molecular weight is 418 g/mol. The van der Waals surface area contributed by atoms with Gasteiger partial charge in [0.1, 0.15) is 5.60 Å². The Morgan fingerprint density at radius 3 is 2.52 bits per heavy atom. The lowest BCUT2D eigenvalue weighted by Gasteiger charge is -2.20. The third-order valence-electron chi connectivity index (χ3n) is 2.68. The van der Waals surface area contributed by atoms with E-state index in [1.54, 1.807) is 22.9 Å². The molecule has 1 aromatic heterocycles. The Hall–Kier alpha value is -1.14. The van der Waals surface area contributed by atoms with Crippen LogP contribution in [-0.2, 0) is 4.74 Å². The molecule has 0 bridgehead atoms. The maximum absolute atomic E-state index is 11.8. The highest BCUT2D eigenvalue weighted by molar-refractivity contribution is 14.1. The van der Waals surface area contributed by atoms with E-state index in [-0.39, 0.29) is 5.65 Å². The molecule has 1 N–H and O–H groups in total. The predicted molar refractivity (Wildman–Crippen MR) is 95.0 cm³/mol. The number of nitrogens with one attached hydrogen (secondary N) is 1. The first kappa shape index (κ1) is 16.2. The molecule has 0 aliphatic carbocycles. The van der Waals surface area contributed by atoms with Gasteiger partial charge in [0.2, 0.25) is 5.65 Å². The first-order chi connectivity index (χ1) is 9.69. The smallest absolute Gasteiger partial charge is 0.412 e. The number of aromatic nitrogens is 1. The molecule has 112 valence electrons. The molecule has 1 heterocycles. The Labute approximate surface area is 138 Å². The van der Waals surface area contributed by atoms with Crippen molar-refractivity contribution in [3.8, 4) is 0 Å². The molecule has 0 saturated heterocycles. The maximum atomic E-state index is 11.8. The van der Waals surface area contributed by atoms with Crippen molar-refractivity contribution in [3.63, 3.8) is 0 Å². The lowest BCUT2D eigenvalue weighted by atomic mass is 10.2. The van der Waals surface area contributed by atoms with Crippen LogP contribution in [0, 0.1) is 3.57 Å². The largest absolute Gasteiger partial charge is 0.444 e. The molecule has 0 aliphatic heterocycles. The van der Waals surface area contributed by atoms with E-state index in [9.17, 15) is 9.59 Å². The summed E-state index contributed by atoms with van der Waals surface area (Å²) in [5.41, 5.74) is 0.781. The summed E-state index contributed by atoms with van der Waals surface area (Å²) in [6, 6.07) is 5.41. The van der Waals surface area contributed by atoms with Gasteiger partial charge in [0, 0.05) is 15.2 Å². The summed E-state index contributed by atoms with van der Waals surface area (Å²) in [5.74, 6) is 0. The third-order valence-corrected chi connectivity index (χ3v) is 4.12. The number of nitrogens with zero attached hydrogens (tertiary/aromatic N) is 1. The van der Waals surface area contributed by atoms with E-state index in [2.05, 4.69) is 37.1 Å². The molecule has 1 atom stereocenters. The quantitative estimate of drug-likeness (QED) is 0.551. The zero-order valence-corrected chi connectivity index (χ0v) is 15.2. The van der Waals surface area contributed by atoms with Crippen LogP contribution in [-0.4, -0.2) is 21.9 Å². The summed E-state index contributed by atoms with van der Waals surface area (Å²) >= 11 is 2.14. The van der Waals surface area contributed by atoms with Crippen LogP contribution < -0.4 is 5.32 Å². The Morgan fingerprint density at radius 2 is 1.95 bits per heavy atom. The van der Waals surface area contributed by atoms with E-state index in [4.69, 9.17) is 4.74 Å². The standard InChI is InChI=1S/C14H16IN2O3P/c1-14(2,3)20-12(18)16-9-4-5-10-8(11(9)15)6-7-17(10)13(19)21/h4-7H,21H2,1-3H3,(H,16,18). The molecule has 0 radical (unpaired) electrons. The molecule has 5 nitrogen and oxygen atoms in total. The number of carbonyl (C=O) groups excluding carboxylic acids is 2. The van der Waals surface area contributed by atoms with Crippen molar-refractivity contribution in [3.05, 3.63) is 28.0 Å². The molecule has 2 aromatic rings. The summed E-state index contributed by atoms with van der Waals surface area (Å²) in [6.07, 6.45) is 1.21. The second-order valence-electron chi connectivity index (χ2n) is 5.51. The van der Waals surface area contributed by atoms with E-state index in [0.29, 0.717) is 5.69 Å². The van der Waals surface area contributed by atoms with Gasteiger partial charge in [-0.05, 0) is 70.8 Å². The van der Waals surface area contributed by atoms with Crippen LogP contribution in [0.25, 0.3) is 10.9 Å².